The minimum Gasteiger partial charge on any atom is -0.494 e. The molecule has 0 unspecified atom stereocenters. The van der Waals surface area contributed by atoms with Crippen molar-refractivity contribution in [1.82, 2.24) is 20.1 Å². The van der Waals surface area contributed by atoms with Crippen molar-refractivity contribution in [3.63, 3.8) is 0 Å². The Hall–Kier alpha value is -4.71. The number of rotatable bonds is 11. The third-order valence-electron chi connectivity index (χ3n) is 5.90. The van der Waals surface area contributed by atoms with Gasteiger partial charge in [0.05, 0.1) is 23.8 Å². The molecule has 12 heteroatoms. The molecule has 0 fully saturated rings. The Morgan fingerprint density at radius 1 is 1.05 bits per heavy atom. The SMILES string of the molecule is CCOc1ccc(NC(=O)CSc2nnc(CNC(=O)c3cccc([N+](=O)[O-])c3C)n2-c2cccc(C)c2)cc1. The minimum absolute atomic E-state index is 0.0147. The standard InChI is InChI=1S/C28H28N6O5S/c1-4-39-22-13-11-20(12-14-22)30-26(35)17-40-28-32-31-25(33(28)21-8-5-7-18(2)15-21)16-29-27(36)23-9-6-10-24(19(23)3)34(37)38/h5-15H,4,16-17H2,1-3H3,(H,29,36)(H,30,35). The van der Waals surface area contributed by atoms with Gasteiger partial charge in [-0.3, -0.25) is 24.3 Å². The maximum Gasteiger partial charge on any atom is 0.273 e. The third kappa shape index (κ3) is 6.83. The first-order chi connectivity index (χ1) is 19.3. The van der Waals surface area contributed by atoms with Gasteiger partial charge in [-0.1, -0.05) is 30.0 Å². The summed E-state index contributed by atoms with van der Waals surface area (Å²) >= 11 is 1.21. The number of nitro benzene ring substituents is 1. The van der Waals surface area contributed by atoms with Crippen molar-refractivity contribution in [2.75, 3.05) is 17.7 Å². The van der Waals surface area contributed by atoms with Gasteiger partial charge in [-0.15, -0.1) is 10.2 Å². The van der Waals surface area contributed by atoms with E-state index in [0.29, 0.717) is 23.3 Å². The van der Waals surface area contributed by atoms with Crippen LogP contribution in [0.4, 0.5) is 11.4 Å². The Morgan fingerprint density at radius 3 is 2.50 bits per heavy atom. The van der Waals surface area contributed by atoms with E-state index in [1.165, 1.54) is 36.9 Å². The summed E-state index contributed by atoms with van der Waals surface area (Å²) in [6, 6.07) is 19.2. The first-order valence-electron chi connectivity index (χ1n) is 12.5. The highest BCUT2D eigenvalue weighted by molar-refractivity contribution is 7.99. The zero-order valence-electron chi connectivity index (χ0n) is 22.2. The predicted octanol–water partition coefficient (Wildman–Crippen LogP) is 4.85. The van der Waals surface area contributed by atoms with Crippen LogP contribution in [0, 0.1) is 24.0 Å². The zero-order valence-corrected chi connectivity index (χ0v) is 23.0. The highest BCUT2D eigenvalue weighted by Gasteiger charge is 2.20. The van der Waals surface area contributed by atoms with Gasteiger partial charge in [0.2, 0.25) is 5.91 Å². The molecule has 1 aromatic heterocycles. The van der Waals surface area contributed by atoms with E-state index in [1.54, 1.807) is 28.8 Å². The molecule has 11 nitrogen and oxygen atoms in total. The molecule has 0 spiro atoms. The number of hydrogen-bond acceptors (Lipinski definition) is 8. The average molecular weight is 561 g/mol. The van der Waals surface area contributed by atoms with Gasteiger partial charge in [-0.25, -0.2) is 0 Å². The van der Waals surface area contributed by atoms with Crippen LogP contribution in [0.15, 0.2) is 71.9 Å². The van der Waals surface area contributed by atoms with Gasteiger partial charge in [0.25, 0.3) is 11.6 Å². The van der Waals surface area contributed by atoms with Crippen molar-refractivity contribution in [1.29, 1.82) is 0 Å². The average Bonchev–Trinajstić information content (AvgIpc) is 3.34. The van der Waals surface area contributed by atoms with Crippen LogP contribution in [-0.2, 0) is 11.3 Å². The van der Waals surface area contributed by atoms with Crippen molar-refractivity contribution in [3.05, 3.63) is 99.4 Å². The molecule has 0 atom stereocenters. The fourth-order valence-electron chi connectivity index (χ4n) is 3.98. The number of ether oxygens (including phenoxy) is 1. The second kappa shape index (κ2) is 12.9. The van der Waals surface area contributed by atoms with Gasteiger partial charge in [0.1, 0.15) is 5.75 Å². The third-order valence-corrected chi connectivity index (χ3v) is 6.82. The van der Waals surface area contributed by atoms with Gasteiger partial charge >= 0.3 is 0 Å². The van der Waals surface area contributed by atoms with Gasteiger partial charge in [-0.2, -0.15) is 0 Å². The van der Waals surface area contributed by atoms with Gasteiger partial charge in [0.15, 0.2) is 11.0 Å². The largest absolute Gasteiger partial charge is 0.494 e. The summed E-state index contributed by atoms with van der Waals surface area (Å²) in [4.78, 5) is 36.3. The molecule has 0 aliphatic rings. The summed E-state index contributed by atoms with van der Waals surface area (Å²) < 4.78 is 7.21. The molecule has 4 rings (SSSR count). The zero-order chi connectivity index (χ0) is 28.6. The van der Waals surface area contributed by atoms with Crippen molar-refractivity contribution in [2.45, 2.75) is 32.5 Å². The second-order valence-corrected chi connectivity index (χ2v) is 9.70. The summed E-state index contributed by atoms with van der Waals surface area (Å²) in [5.41, 5.74) is 2.79. The molecule has 2 N–H and O–H groups in total. The number of nitrogens with one attached hydrogen (secondary N) is 2. The topological polar surface area (TPSA) is 141 Å². The van der Waals surface area contributed by atoms with Crippen LogP contribution in [0.25, 0.3) is 5.69 Å². The number of amides is 2. The quantitative estimate of drug-likeness (QED) is 0.151. The lowest BCUT2D eigenvalue weighted by Crippen LogP contribution is -2.25. The maximum atomic E-state index is 12.9. The van der Waals surface area contributed by atoms with E-state index in [4.69, 9.17) is 4.74 Å². The van der Waals surface area contributed by atoms with Gasteiger partial charge in [-0.05, 0) is 68.8 Å². The molecular formula is C28H28N6O5S. The van der Waals surface area contributed by atoms with Crippen LogP contribution in [0.5, 0.6) is 5.75 Å². The molecule has 3 aromatic carbocycles. The minimum atomic E-state index is -0.518. The fraction of sp³-hybridized carbons (Fsp3) is 0.214. The first kappa shape index (κ1) is 28.3. The number of anilines is 1. The summed E-state index contributed by atoms with van der Waals surface area (Å²) in [6.45, 7) is 5.97. The number of aryl methyl sites for hydroxylation is 1. The van der Waals surface area contributed by atoms with E-state index in [-0.39, 0.29) is 35.0 Å². The molecule has 0 saturated carbocycles. The van der Waals surface area contributed by atoms with Crippen molar-refractivity contribution >= 4 is 35.0 Å². The summed E-state index contributed by atoms with van der Waals surface area (Å²) in [6.07, 6.45) is 0. The number of carbonyl (C=O) groups excluding carboxylic acids is 2. The van der Waals surface area contributed by atoms with E-state index < -0.39 is 10.8 Å². The highest BCUT2D eigenvalue weighted by atomic mass is 32.2. The maximum absolute atomic E-state index is 12.9. The lowest BCUT2D eigenvalue weighted by molar-refractivity contribution is -0.385. The second-order valence-electron chi connectivity index (χ2n) is 8.76. The Morgan fingerprint density at radius 2 is 1.80 bits per heavy atom. The molecule has 206 valence electrons. The van der Waals surface area contributed by atoms with Crippen molar-refractivity contribution in [3.8, 4) is 11.4 Å². The van der Waals surface area contributed by atoms with E-state index in [9.17, 15) is 19.7 Å². The van der Waals surface area contributed by atoms with Crippen molar-refractivity contribution in [2.24, 2.45) is 0 Å². The molecular weight excluding hydrogens is 532 g/mol. The number of carbonyl (C=O) groups is 2. The summed E-state index contributed by atoms with van der Waals surface area (Å²) in [5, 5.41) is 25.9. The van der Waals surface area contributed by atoms with E-state index in [0.717, 1.165) is 17.0 Å². The molecule has 2 amide bonds. The molecule has 0 aliphatic heterocycles. The first-order valence-corrected chi connectivity index (χ1v) is 13.4. The van der Waals surface area contributed by atoms with E-state index in [1.807, 2.05) is 38.1 Å². The number of hydrogen-bond donors (Lipinski definition) is 2. The van der Waals surface area contributed by atoms with Gasteiger partial charge in [0, 0.05) is 28.6 Å². The molecule has 1 heterocycles. The molecule has 4 aromatic rings. The predicted molar refractivity (Wildman–Crippen MR) is 152 cm³/mol. The van der Waals surface area contributed by atoms with Crippen LogP contribution >= 0.6 is 11.8 Å². The van der Waals surface area contributed by atoms with Crippen LogP contribution in [0.1, 0.15) is 34.2 Å². The number of aromatic nitrogens is 3. The Labute approximate surface area is 235 Å². The van der Waals surface area contributed by atoms with Crippen LogP contribution in [-0.4, -0.2) is 43.9 Å². The molecule has 0 aliphatic carbocycles. The fourth-order valence-corrected chi connectivity index (χ4v) is 4.76. The van der Waals surface area contributed by atoms with Crippen LogP contribution in [0.3, 0.4) is 0 Å². The number of benzene rings is 3. The normalized spacial score (nSPS) is 10.7. The Balaban J connectivity index is 1.50. The monoisotopic (exact) mass is 560 g/mol. The van der Waals surface area contributed by atoms with Gasteiger partial charge < -0.3 is 15.4 Å². The lowest BCUT2D eigenvalue weighted by atomic mass is 10.1. The Kier molecular flexibility index (Phi) is 9.12. The molecule has 0 saturated heterocycles. The number of nitrogens with zero attached hydrogens (tertiary/aromatic N) is 4. The lowest BCUT2D eigenvalue weighted by Gasteiger charge is -2.12. The van der Waals surface area contributed by atoms with E-state index >= 15 is 0 Å². The summed E-state index contributed by atoms with van der Waals surface area (Å²) in [5.74, 6) is 0.557. The highest BCUT2D eigenvalue weighted by Crippen LogP contribution is 2.24. The Bertz CT molecular complexity index is 1540. The van der Waals surface area contributed by atoms with E-state index in [2.05, 4.69) is 20.8 Å². The smallest absolute Gasteiger partial charge is 0.273 e. The molecule has 0 bridgehead atoms. The van der Waals surface area contributed by atoms with Crippen LogP contribution < -0.4 is 15.4 Å². The van der Waals surface area contributed by atoms with Crippen LogP contribution in [0.2, 0.25) is 0 Å². The number of nitro groups is 1. The number of thioether (sulfide) groups is 1. The molecule has 0 radical (unpaired) electrons. The summed E-state index contributed by atoms with van der Waals surface area (Å²) in [7, 11) is 0. The molecule has 40 heavy (non-hydrogen) atoms. The van der Waals surface area contributed by atoms with Crippen molar-refractivity contribution < 1.29 is 19.2 Å².